The number of nitrogens with zero attached hydrogens (tertiary/aromatic N) is 1. The average Bonchev–Trinajstić information content (AvgIpc) is 3.83. The summed E-state index contributed by atoms with van der Waals surface area (Å²) in [4.78, 5) is 7.07. The van der Waals surface area contributed by atoms with Crippen LogP contribution in [0.5, 0.6) is 0 Å². The zero-order chi connectivity index (χ0) is 34.1. The Morgan fingerprint density at radius 1 is 0.740 bits per heavy atom. The maximum Gasteiger partial charge on any atom is 0.154 e. The van der Waals surface area contributed by atoms with E-state index in [0.717, 1.165) is 69.6 Å². The first-order chi connectivity index (χ1) is 23.7. The van der Waals surface area contributed by atoms with Gasteiger partial charge in [0.25, 0.3) is 0 Å². The van der Waals surface area contributed by atoms with Crippen molar-refractivity contribution in [2.24, 2.45) is 0 Å². The number of hydrogen-bond acceptors (Lipinski definition) is 5. The van der Waals surface area contributed by atoms with E-state index in [0.29, 0.717) is 11.6 Å². The average molecular weight is 847 g/mol. The molecule has 2 aromatic heterocycles. The first-order valence-electron chi connectivity index (χ1n) is 16.3. The number of fused-ring (bicyclic) bond motifs is 6. The molecule has 0 bridgehead atoms. The largest absolute Gasteiger partial charge is 0.368 e. The van der Waals surface area contributed by atoms with Crippen LogP contribution in [0.2, 0.25) is 10.0 Å². The lowest BCUT2D eigenvalue weighted by Crippen LogP contribution is -2.33. The first kappa shape index (κ1) is 37.0. The minimum absolute atomic E-state index is 0. The van der Waals surface area contributed by atoms with Crippen LogP contribution in [0.3, 0.4) is 0 Å². The molecule has 3 atom stereocenters. The smallest absolute Gasteiger partial charge is 0.154 e. The minimum Gasteiger partial charge on any atom is -0.368 e. The van der Waals surface area contributed by atoms with Crippen molar-refractivity contribution < 1.29 is 19.8 Å². The molecule has 4 aromatic carbocycles. The van der Waals surface area contributed by atoms with E-state index in [1.54, 1.807) is 0 Å². The van der Waals surface area contributed by atoms with Crippen LogP contribution in [0.25, 0.3) is 21.8 Å². The van der Waals surface area contributed by atoms with Crippen molar-refractivity contribution in [2.45, 2.75) is 44.1 Å². The van der Waals surface area contributed by atoms with E-state index in [-0.39, 0.29) is 16.8 Å². The summed E-state index contributed by atoms with van der Waals surface area (Å²) in [5.41, 5.74) is 9.60. The van der Waals surface area contributed by atoms with Crippen LogP contribution in [-0.2, 0) is 17.6 Å². The van der Waals surface area contributed by atoms with Crippen molar-refractivity contribution in [3.63, 3.8) is 0 Å². The molecule has 0 radical (unpaired) electrons. The molecule has 0 amide bonds. The highest BCUT2D eigenvalue weighted by Crippen LogP contribution is 2.39. The predicted octanol–water partition coefficient (Wildman–Crippen LogP) is 10.0. The number of halogens is 5. The van der Waals surface area contributed by atoms with Gasteiger partial charge in [-0.05, 0) is 102 Å². The highest BCUT2D eigenvalue weighted by Gasteiger charge is 2.31. The van der Waals surface area contributed by atoms with Gasteiger partial charge >= 0.3 is 0 Å². The van der Waals surface area contributed by atoms with Crippen molar-refractivity contribution >= 4 is 76.9 Å². The normalized spacial score (nSPS) is 19.8. The number of benzene rings is 4. The van der Waals surface area contributed by atoms with Gasteiger partial charge in [0, 0.05) is 78.3 Å². The number of aromatic nitrogens is 2. The SMILES string of the molecule is Clc1ccc([C@@H]2NCCc3c2[nH]c2ccc(Br)cc32)cc1.F.OC1CCCO1.ON1CCc2c([nH]c3ccc(Br)cc23)[C@@H]1c1ccc(Cl)cc1. The number of rotatable bonds is 2. The molecule has 3 aliphatic rings. The molecular weight excluding hydrogens is 810 g/mol. The Balaban J connectivity index is 0.000000146. The molecule has 0 spiro atoms. The summed E-state index contributed by atoms with van der Waals surface area (Å²) >= 11 is 19.1. The second kappa shape index (κ2) is 16.3. The first-order valence-corrected chi connectivity index (χ1v) is 18.7. The lowest BCUT2D eigenvalue weighted by Gasteiger charge is -2.31. The highest BCUT2D eigenvalue weighted by molar-refractivity contribution is 9.10. The summed E-state index contributed by atoms with van der Waals surface area (Å²) in [5, 5.41) is 27.9. The summed E-state index contributed by atoms with van der Waals surface area (Å²) < 4.78 is 6.90. The maximum absolute atomic E-state index is 10.4. The number of ether oxygens (including phenoxy) is 1. The van der Waals surface area contributed by atoms with Crippen LogP contribution < -0.4 is 5.32 Å². The van der Waals surface area contributed by atoms with Gasteiger partial charge in [-0.15, -0.1) is 0 Å². The molecule has 6 aromatic rings. The van der Waals surface area contributed by atoms with Crippen LogP contribution in [0, 0.1) is 0 Å². The van der Waals surface area contributed by atoms with E-state index in [1.807, 2.05) is 42.5 Å². The van der Waals surface area contributed by atoms with Gasteiger partial charge in [-0.25, -0.2) is 0 Å². The van der Waals surface area contributed by atoms with Crippen LogP contribution in [0.15, 0.2) is 93.9 Å². The number of H-pyrrole nitrogens is 2. The molecule has 9 rings (SSSR count). The van der Waals surface area contributed by atoms with Gasteiger partial charge in [-0.1, -0.05) is 79.3 Å². The van der Waals surface area contributed by atoms with E-state index >= 15 is 0 Å². The summed E-state index contributed by atoms with van der Waals surface area (Å²) in [5.74, 6) is 0. The number of hydrogen-bond donors (Lipinski definition) is 5. The molecule has 1 unspecified atom stereocenters. The molecule has 1 fully saturated rings. The highest BCUT2D eigenvalue weighted by atomic mass is 79.9. The topological polar surface area (TPSA) is 96.5 Å². The molecule has 50 heavy (non-hydrogen) atoms. The quantitative estimate of drug-likeness (QED) is 0.120. The fourth-order valence-corrected chi connectivity index (χ4v) is 7.91. The van der Waals surface area contributed by atoms with E-state index in [2.05, 4.69) is 89.6 Å². The molecule has 262 valence electrons. The van der Waals surface area contributed by atoms with Gasteiger partial charge in [0.05, 0.1) is 6.04 Å². The Labute approximate surface area is 316 Å². The summed E-state index contributed by atoms with van der Waals surface area (Å²) in [7, 11) is 0. The second-order valence-electron chi connectivity index (χ2n) is 12.4. The van der Waals surface area contributed by atoms with E-state index in [1.165, 1.54) is 43.7 Å². The van der Waals surface area contributed by atoms with Gasteiger partial charge in [-0.3, -0.25) is 4.70 Å². The summed E-state index contributed by atoms with van der Waals surface area (Å²) in [6.07, 6.45) is 3.26. The fourth-order valence-electron chi connectivity index (χ4n) is 6.93. The molecule has 12 heteroatoms. The monoisotopic (exact) mass is 844 g/mol. The Bertz CT molecular complexity index is 2070. The zero-order valence-corrected chi connectivity index (χ0v) is 31.6. The molecule has 0 saturated carbocycles. The molecule has 0 aliphatic carbocycles. The van der Waals surface area contributed by atoms with E-state index in [9.17, 15) is 5.21 Å². The van der Waals surface area contributed by atoms with Crippen molar-refractivity contribution in [3.8, 4) is 0 Å². The second-order valence-corrected chi connectivity index (χ2v) is 15.1. The lowest BCUT2D eigenvalue weighted by atomic mass is 9.94. The molecule has 1 saturated heterocycles. The third-order valence-electron chi connectivity index (χ3n) is 9.27. The van der Waals surface area contributed by atoms with Crippen molar-refractivity contribution in [1.29, 1.82) is 0 Å². The Kier molecular flexibility index (Phi) is 12.0. The predicted molar refractivity (Wildman–Crippen MR) is 206 cm³/mol. The van der Waals surface area contributed by atoms with Crippen molar-refractivity contribution in [1.82, 2.24) is 20.3 Å². The lowest BCUT2D eigenvalue weighted by molar-refractivity contribution is -0.122. The molecule has 7 nitrogen and oxygen atoms in total. The Morgan fingerprint density at radius 3 is 1.84 bits per heavy atom. The summed E-state index contributed by atoms with van der Waals surface area (Å²) in [6.45, 7) is 2.33. The fraction of sp³-hybridized carbons (Fsp3) is 0.263. The Hall–Kier alpha value is -2.77. The van der Waals surface area contributed by atoms with Crippen molar-refractivity contribution in [2.75, 3.05) is 19.7 Å². The maximum atomic E-state index is 10.4. The van der Waals surface area contributed by atoms with Crippen molar-refractivity contribution in [3.05, 3.63) is 138 Å². The van der Waals surface area contributed by atoms with Gasteiger partial charge in [0.2, 0.25) is 0 Å². The molecule has 3 aliphatic heterocycles. The van der Waals surface area contributed by atoms with Crippen LogP contribution in [0.1, 0.15) is 58.6 Å². The minimum atomic E-state index is -0.454. The van der Waals surface area contributed by atoms with Gasteiger partial charge in [0.1, 0.15) is 6.04 Å². The molecule has 5 heterocycles. The zero-order valence-electron chi connectivity index (χ0n) is 26.9. The summed E-state index contributed by atoms with van der Waals surface area (Å²) in [6, 6.07) is 28.4. The van der Waals surface area contributed by atoms with Crippen LogP contribution in [-0.4, -0.2) is 51.3 Å². The molecule has 5 N–H and O–H groups in total. The Morgan fingerprint density at radius 2 is 1.30 bits per heavy atom. The van der Waals surface area contributed by atoms with Crippen LogP contribution in [0.4, 0.5) is 4.70 Å². The molecular formula is C38H37Br2Cl2FN4O3. The standard InChI is InChI=1S/C17H14BrClN2O.C17H14BrClN2.C4H8O2.FH/c18-11-3-6-15-14(9-11)13-7-8-21(22)17(16(13)20-15)10-1-4-12(19)5-2-10;18-11-3-6-15-14(9-11)13-7-8-20-16(17(13)21-15)10-1-4-12(19)5-2-10;5-4-2-1-3-6-4;/h1-6,9,17,20,22H,7-8H2;1-6,9,16,20-21H,7-8H2;4-5H,1-3H2;1H/t17-;16-;;/m00../s1. The number of nitrogens with one attached hydrogen (secondary N) is 3. The van der Waals surface area contributed by atoms with Gasteiger partial charge < -0.3 is 30.3 Å². The van der Waals surface area contributed by atoms with E-state index < -0.39 is 6.29 Å². The van der Waals surface area contributed by atoms with Gasteiger partial charge in [-0.2, -0.15) is 5.06 Å². The third-order valence-corrected chi connectivity index (χ3v) is 10.8. The number of aromatic amines is 2. The number of aliphatic hydroxyl groups is 1. The number of hydroxylamine groups is 2. The van der Waals surface area contributed by atoms with Gasteiger partial charge in [0.15, 0.2) is 6.29 Å². The van der Waals surface area contributed by atoms with E-state index in [4.69, 9.17) is 33.0 Å². The van der Waals surface area contributed by atoms with Crippen LogP contribution >= 0.6 is 55.1 Å². The number of aliphatic hydroxyl groups excluding tert-OH is 1. The third kappa shape index (κ3) is 7.99.